The zero-order valence-electron chi connectivity index (χ0n) is 11.6. The molecule has 4 heteroatoms. The van der Waals surface area contributed by atoms with Gasteiger partial charge in [-0.1, -0.05) is 29.3 Å². The molecule has 1 amide bonds. The van der Waals surface area contributed by atoms with Gasteiger partial charge in [-0.2, -0.15) is 0 Å². The molecule has 1 fully saturated rings. The minimum atomic E-state index is 0.126. The number of hydrogen-bond donors (Lipinski definition) is 1. The summed E-state index contributed by atoms with van der Waals surface area (Å²) in [7, 11) is 0. The summed E-state index contributed by atoms with van der Waals surface area (Å²) in [6, 6.07) is 4.17. The molecule has 1 saturated carbocycles. The number of amides is 1. The Morgan fingerprint density at radius 2 is 2.16 bits per heavy atom. The molecule has 0 saturated heterocycles. The fraction of sp³-hybridized carbons (Fsp3) is 0.533. The average molecular weight is 325 g/mol. The molecule has 1 aliphatic carbocycles. The Morgan fingerprint density at radius 1 is 1.47 bits per heavy atom. The topological polar surface area (TPSA) is 46.3 Å². The van der Waals surface area contributed by atoms with E-state index in [-0.39, 0.29) is 5.91 Å². The second-order valence-corrected chi connectivity index (χ2v) is 6.17. The first-order valence-electron chi connectivity index (χ1n) is 6.91. The number of carbonyl (C=O) groups excluding carboxylic acids is 1. The summed E-state index contributed by atoms with van der Waals surface area (Å²) in [5, 5.41) is 0. The number of nitrogens with two attached hydrogens (primary N) is 1. The largest absolute Gasteiger partial charge is 0.398 e. The van der Waals surface area contributed by atoms with Crippen molar-refractivity contribution in [3.63, 3.8) is 0 Å². The number of rotatable bonds is 5. The van der Waals surface area contributed by atoms with Gasteiger partial charge in [0.05, 0.1) is 0 Å². The van der Waals surface area contributed by atoms with Crippen molar-refractivity contribution in [1.29, 1.82) is 0 Å². The number of nitrogen functional groups attached to an aromatic ring is 1. The van der Waals surface area contributed by atoms with Gasteiger partial charge < -0.3 is 10.6 Å². The monoisotopic (exact) mass is 324 g/mol. The molecule has 2 rings (SSSR count). The quantitative estimate of drug-likeness (QED) is 0.838. The minimum absolute atomic E-state index is 0.126. The van der Waals surface area contributed by atoms with E-state index in [1.165, 1.54) is 0 Å². The van der Waals surface area contributed by atoms with Crippen molar-refractivity contribution >= 4 is 27.5 Å². The first kappa shape index (κ1) is 14.4. The highest BCUT2D eigenvalue weighted by Gasteiger charge is 2.33. The van der Waals surface area contributed by atoms with Crippen LogP contribution in [0.1, 0.15) is 48.5 Å². The molecule has 0 heterocycles. The van der Waals surface area contributed by atoms with Crippen LogP contribution < -0.4 is 5.73 Å². The lowest BCUT2D eigenvalue weighted by atomic mass is 10.1. The molecule has 0 unspecified atom stereocenters. The maximum absolute atomic E-state index is 12.7. The summed E-state index contributed by atoms with van der Waals surface area (Å²) in [5.74, 6) is 0.126. The molecule has 104 valence electrons. The highest BCUT2D eigenvalue weighted by atomic mass is 79.9. The summed E-state index contributed by atoms with van der Waals surface area (Å²) in [5.41, 5.74) is 8.24. The van der Waals surface area contributed by atoms with Crippen LogP contribution in [0.3, 0.4) is 0 Å². The lowest BCUT2D eigenvalue weighted by Gasteiger charge is -2.23. The smallest absolute Gasteiger partial charge is 0.254 e. The molecule has 2 N–H and O–H groups in total. The zero-order valence-corrected chi connectivity index (χ0v) is 13.2. The van der Waals surface area contributed by atoms with Crippen molar-refractivity contribution < 1.29 is 4.79 Å². The summed E-state index contributed by atoms with van der Waals surface area (Å²) >= 11 is 3.42. The van der Waals surface area contributed by atoms with Crippen LogP contribution >= 0.6 is 15.9 Å². The van der Waals surface area contributed by atoms with Gasteiger partial charge in [0.2, 0.25) is 0 Å². The van der Waals surface area contributed by atoms with E-state index in [0.717, 1.165) is 47.8 Å². The maximum Gasteiger partial charge on any atom is 0.254 e. The summed E-state index contributed by atoms with van der Waals surface area (Å²) in [6.07, 6.45) is 4.44. The van der Waals surface area contributed by atoms with Gasteiger partial charge in [0.15, 0.2) is 0 Å². The SMILES string of the molecule is CCCCN(C(=O)c1cc(Br)cc(N)c1C)C1CC1. The van der Waals surface area contributed by atoms with Crippen LogP contribution in [0.15, 0.2) is 16.6 Å². The Bertz CT molecular complexity index is 483. The number of nitrogens with zero attached hydrogens (tertiary/aromatic N) is 1. The van der Waals surface area contributed by atoms with E-state index in [9.17, 15) is 4.79 Å². The number of halogens is 1. The number of anilines is 1. The van der Waals surface area contributed by atoms with Gasteiger partial charge in [-0.3, -0.25) is 4.79 Å². The van der Waals surface area contributed by atoms with Crippen LogP contribution in [-0.4, -0.2) is 23.4 Å². The van der Waals surface area contributed by atoms with Gasteiger partial charge in [-0.15, -0.1) is 0 Å². The highest BCUT2D eigenvalue weighted by Crippen LogP contribution is 2.31. The number of benzene rings is 1. The van der Waals surface area contributed by atoms with Gasteiger partial charge >= 0.3 is 0 Å². The second kappa shape index (κ2) is 5.95. The van der Waals surface area contributed by atoms with Gasteiger partial charge in [0, 0.05) is 28.3 Å². The zero-order chi connectivity index (χ0) is 14.0. The van der Waals surface area contributed by atoms with E-state index in [1.807, 2.05) is 24.0 Å². The molecular weight excluding hydrogens is 304 g/mol. The van der Waals surface area contributed by atoms with E-state index < -0.39 is 0 Å². The van der Waals surface area contributed by atoms with Crippen molar-refractivity contribution in [2.45, 2.75) is 45.6 Å². The third kappa shape index (κ3) is 3.30. The number of unbranched alkanes of at least 4 members (excludes halogenated alkanes) is 1. The molecule has 1 aliphatic rings. The van der Waals surface area contributed by atoms with Crippen molar-refractivity contribution in [2.75, 3.05) is 12.3 Å². The molecule has 3 nitrogen and oxygen atoms in total. The van der Waals surface area contributed by atoms with E-state index in [2.05, 4.69) is 22.9 Å². The molecule has 1 aromatic carbocycles. The van der Waals surface area contributed by atoms with Gasteiger partial charge in [0.25, 0.3) is 5.91 Å². The van der Waals surface area contributed by atoms with Crippen LogP contribution in [0, 0.1) is 6.92 Å². The van der Waals surface area contributed by atoms with Crippen LogP contribution in [0.5, 0.6) is 0 Å². The molecule has 0 aromatic heterocycles. The van der Waals surface area contributed by atoms with Crippen molar-refractivity contribution in [3.05, 3.63) is 27.7 Å². The Hall–Kier alpha value is -1.03. The van der Waals surface area contributed by atoms with Gasteiger partial charge in [-0.25, -0.2) is 0 Å². The van der Waals surface area contributed by atoms with E-state index in [0.29, 0.717) is 11.7 Å². The number of carbonyl (C=O) groups is 1. The standard InChI is InChI=1S/C15H21BrN2O/c1-3-4-7-18(12-5-6-12)15(19)13-8-11(16)9-14(17)10(13)2/h8-9,12H,3-7,17H2,1-2H3. The first-order valence-corrected chi connectivity index (χ1v) is 7.70. The van der Waals surface area contributed by atoms with Crippen LogP contribution in [0.4, 0.5) is 5.69 Å². The molecule has 1 aromatic rings. The first-order chi connectivity index (χ1) is 9.04. The van der Waals surface area contributed by atoms with E-state index in [1.54, 1.807) is 0 Å². The molecule has 0 atom stereocenters. The van der Waals surface area contributed by atoms with E-state index >= 15 is 0 Å². The van der Waals surface area contributed by atoms with Gasteiger partial charge in [0.1, 0.15) is 0 Å². The average Bonchev–Trinajstić information content (AvgIpc) is 3.18. The maximum atomic E-state index is 12.7. The van der Waals surface area contributed by atoms with Crippen molar-refractivity contribution in [2.24, 2.45) is 0 Å². The Morgan fingerprint density at radius 3 is 2.74 bits per heavy atom. The lowest BCUT2D eigenvalue weighted by molar-refractivity contribution is 0.0740. The van der Waals surface area contributed by atoms with Gasteiger partial charge in [-0.05, 0) is 43.9 Å². The van der Waals surface area contributed by atoms with Crippen LogP contribution in [0.25, 0.3) is 0 Å². The molecule has 0 spiro atoms. The van der Waals surface area contributed by atoms with Crippen LogP contribution in [-0.2, 0) is 0 Å². The summed E-state index contributed by atoms with van der Waals surface area (Å²) in [4.78, 5) is 14.7. The Balaban J connectivity index is 2.26. The normalized spacial score (nSPS) is 14.5. The number of hydrogen-bond acceptors (Lipinski definition) is 2. The van der Waals surface area contributed by atoms with Crippen molar-refractivity contribution in [3.8, 4) is 0 Å². The summed E-state index contributed by atoms with van der Waals surface area (Å²) < 4.78 is 0.866. The van der Waals surface area contributed by atoms with Crippen molar-refractivity contribution in [1.82, 2.24) is 4.90 Å². The van der Waals surface area contributed by atoms with E-state index in [4.69, 9.17) is 5.73 Å². The molecule has 0 bridgehead atoms. The third-order valence-electron chi connectivity index (χ3n) is 3.64. The minimum Gasteiger partial charge on any atom is -0.398 e. The summed E-state index contributed by atoms with van der Waals surface area (Å²) in [6.45, 7) is 4.92. The van der Waals surface area contributed by atoms with Crippen LogP contribution in [0.2, 0.25) is 0 Å². The molecule has 0 aliphatic heterocycles. The third-order valence-corrected chi connectivity index (χ3v) is 4.10. The molecule has 0 radical (unpaired) electrons. The Labute approximate surface area is 123 Å². The predicted octanol–water partition coefficient (Wildman–Crippen LogP) is 3.74. The molecule has 19 heavy (non-hydrogen) atoms. The molecular formula is C15H21BrN2O. The predicted molar refractivity (Wildman–Crippen MR) is 82.3 cm³/mol. The Kier molecular flexibility index (Phi) is 4.50. The highest BCUT2D eigenvalue weighted by molar-refractivity contribution is 9.10. The fourth-order valence-electron chi connectivity index (χ4n) is 2.24. The second-order valence-electron chi connectivity index (χ2n) is 5.25. The lowest BCUT2D eigenvalue weighted by Crippen LogP contribution is -2.34. The fourth-order valence-corrected chi connectivity index (χ4v) is 2.72.